The second kappa shape index (κ2) is 9.74. The van der Waals surface area contributed by atoms with Crippen LogP contribution < -0.4 is 0 Å². The zero-order chi connectivity index (χ0) is 15.8. The van der Waals surface area contributed by atoms with Crippen molar-refractivity contribution in [1.82, 2.24) is 4.90 Å². The van der Waals surface area contributed by atoms with Crippen LogP contribution in [0.25, 0.3) is 0 Å². The summed E-state index contributed by atoms with van der Waals surface area (Å²) < 4.78 is 1.40. The molecule has 21 heavy (non-hydrogen) atoms. The number of amides is 1. The highest BCUT2D eigenvalue weighted by Gasteiger charge is 2.23. The summed E-state index contributed by atoms with van der Waals surface area (Å²) in [4.78, 5) is 25.3. The summed E-state index contributed by atoms with van der Waals surface area (Å²) in [6.45, 7) is 2.93. The molecule has 0 aliphatic rings. The van der Waals surface area contributed by atoms with Gasteiger partial charge in [0.05, 0.1) is 18.7 Å². The molecule has 0 saturated heterocycles. The summed E-state index contributed by atoms with van der Waals surface area (Å²) in [5.41, 5.74) is 0.905. The molecule has 0 bridgehead atoms. The second-order valence-corrected chi connectivity index (χ2v) is 8.71. The minimum absolute atomic E-state index is 0.0977. The van der Waals surface area contributed by atoms with Crippen molar-refractivity contribution in [1.29, 1.82) is 0 Å². The number of unbranched alkanes of at least 4 members (excludes halogenated alkanes) is 5. The Bertz CT molecular complexity index is 488. The van der Waals surface area contributed by atoms with Crippen molar-refractivity contribution in [3.63, 3.8) is 0 Å². The Kier molecular flexibility index (Phi) is 8.74. The number of hydrogen-bond donors (Lipinski definition) is 0. The lowest BCUT2D eigenvalue weighted by Gasteiger charge is -2.17. The van der Waals surface area contributed by atoms with Gasteiger partial charge >= 0.3 is 0 Å². The number of nitrogens with zero attached hydrogens (tertiary/aromatic N) is 1. The molecule has 1 heterocycles. The first-order valence-electron chi connectivity index (χ1n) is 7.21. The van der Waals surface area contributed by atoms with Crippen LogP contribution in [-0.4, -0.2) is 30.7 Å². The SMILES string of the molecule is CCCCCCCCN(C)C(=O)c1c(Br)sc(Br)c1C=O. The summed E-state index contributed by atoms with van der Waals surface area (Å²) in [5, 5.41) is 0. The maximum Gasteiger partial charge on any atom is 0.256 e. The number of aldehydes is 1. The number of rotatable bonds is 9. The fourth-order valence-electron chi connectivity index (χ4n) is 2.12. The summed E-state index contributed by atoms with van der Waals surface area (Å²) >= 11 is 8.05. The van der Waals surface area contributed by atoms with Gasteiger partial charge in [-0.3, -0.25) is 9.59 Å². The third-order valence-electron chi connectivity index (χ3n) is 3.38. The van der Waals surface area contributed by atoms with Gasteiger partial charge in [-0.2, -0.15) is 0 Å². The zero-order valence-corrected chi connectivity index (χ0v) is 16.4. The predicted octanol–water partition coefficient (Wildman–Crippen LogP) is 5.52. The fourth-order valence-corrected chi connectivity index (χ4v) is 5.13. The molecule has 3 nitrogen and oxygen atoms in total. The monoisotopic (exact) mass is 437 g/mol. The standard InChI is InChI=1S/C15H21Br2NO2S/c1-3-4-5-6-7-8-9-18(2)15(20)12-11(10-19)13(16)21-14(12)17/h10H,3-9H2,1-2H3. The van der Waals surface area contributed by atoms with Gasteiger partial charge in [-0.05, 0) is 38.3 Å². The highest BCUT2D eigenvalue weighted by Crippen LogP contribution is 2.36. The molecule has 0 saturated carbocycles. The molecule has 1 aromatic rings. The maximum atomic E-state index is 12.4. The molecule has 0 fully saturated rings. The van der Waals surface area contributed by atoms with E-state index in [1.54, 1.807) is 11.9 Å². The highest BCUT2D eigenvalue weighted by atomic mass is 79.9. The van der Waals surface area contributed by atoms with E-state index in [4.69, 9.17) is 0 Å². The first-order chi connectivity index (χ1) is 10.0. The zero-order valence-electron chi connectivity index (χ0n) is 12.5. The molecule has 0 atom stereocenters. The normalized spacial score (nSPS) is 10.7. The van der Waals surface area contributed by atoms with E-state index >= 15 is 0 Å². The smallest absolute Gasteiger partial charge is 0.256 e. The Labute approximate surface area is 147 Å². The summed E-state index contributed by atoms with van der Waals surface area (Å²) in [5.74, 6) is -0.0977. The van der Waals surface area contributed by atoms with Gasteiger partial charge in [0.25, 0.3) is 5.91 Å². The summed E-state index contributed by atoms with van der Waals surface area (Å²) in [6, 6.07) is 0. The van der Waals surface area contributed by atoms with Crippen molar-refractivity contribution >= 4 is 55.4 Å². The highest BCUT2D eigenvalue weighted by molar-refractivity contribution is 9.12. The van der Waals surface area contributed by atoms with Crippen LogP contribution in [0.15, 0.2) is 7.57 Å². The van der Waals surface area contributed by atoms with Crippen LogP contribution in [0.3, 0.4) is 0 Å². The molecule has 6 heteroatoms. The van der Waals surface area contributed by atoms with E-state index in [9.17, 15) is 9.59 Å². The fraction of sp³-hybridized carbons (Fsp3) is 0.600. The first-order valence-corrected chi connectivity index (χ1v) is 9.61. The van der Waals surface area contributed by atoms with Crippen molar-refractivity contribution in [2.75, 3.05) is 13.6 Å². The Morgan fingerprint density at radius 3 is 2.38 bits per heavy atom. The number of carbonyl (C=O) groups excluding carboxylic acids is 2. The van der Waals surface area contributed by atoms with Gasteiger partial charge in [0.15, 0.2) is 6.29 Å². The minimum Gasteiger partial charge on any atom is -0.342 e. The average molecular weight is 439 g/mol. The van der Waals surface area contributed by atoms with Crippen molar-refractivity contribution in [3.8, 4) is 0 Å². The molecule has 0 radical (unpaired) electrons. The molecule has 0 aliphatic heterocycles. The van der Waals surface area contributed by atoms with Crippen LogP contribution in [0.5, 0.6) is 0 Å². The predicted molar refractivity (Wildman–Crippen MR) is 95.4 cm³/mol. The molecular formula is C15H21Br2NO2S. The van der Waals surface area contributed by atoms with Crippen molar-refractivity contribution in [2.45, 2.75) is 45.4 Å². The van der Waals surface area contributed by atoms with E-state index in [1.807, 2.05) is 0 Å². The van der Waals surface area contributed by atoms with Gasteiger partial charge < -0.3 is 4.90 Å². The van der Waals surface area contributed by atoms with E-state index in [2.05, 4.69) is 38.8 Å². The molecule has 1 rings (SSSR count). The molecule has 1 amide bonds. The van der Waals surface area contributed by atoms with Crippen LogP contribution in [0.4, 0.5) is 0 Å². The lowest BCUT2D eigenvalue weighted by atomic mass is 10.1. The van der Waals surface area contributed by atoms with Gasteiger partial charge in [-0.1, -0.05) is 39.0 Å². The van der Waals surface area contributed by atoms with E-state index in [0.29, 0.717) is 18.7 Å². The van der Waals surface area contributed by atoms with Gasteiger partial charge in [-0.25, -0.2) is 0 Å². The molecule has 0 spiro atoms. The van der Waals surface area contributed by atoms with E-state index in [-0.39, 0.29) is 5.91 Å². The molecule has 118 valence electrons. The third-order valence-corrected chi connectivity index (χ3v) is 5.96. The van der Waals surface area contributed by atoms with E-state index < -0.39 is 0 Å². The third kappa shape index (κ3) is 5.49. The summed E-state index contributed by atoms with van der Waals surface area (Å²) in [7, 11) is 1.79. The Morgan fingerprint density at radius 1 is 1.14 bits per heavy atom. The Morgan fingerprint density at radius 2 is 1.76 bits per heavy atom. The van der Waals surface area contributed by atoms with Gasteiger partial charge in [0.1, 0.15) is 0 Å². The van der Waals surface area contributed by atoms with Crippen LogP contribution in [0.2, 0.25) is 0 Å². The molecular weight excluding hydrogens is 418 g/mol. The minimum atomic E-state index is -0.0977. The Hall–Kier alpha value is -0.200. The summed E-state index contributed by atoms with van der Waals surface area (Å²) in [6.07, 6.45) is 7.91. The largest absolute Gasteiger partial charge is 0.342 e. The molecule has 0 aromatic carbocycles. The van der Waals surface area contributed by atoms with Crippen molar-refractivity contribution in [2.24, 2.45) is 0 Å². The van der Waals surface area contributed by atoms with Gasteiger partial charge in [0.2, 0.25) is 0 Å². The molecule has 1 aromatic heterocycles. The van der Waals surface area contributed by atoms with E-state index in [0.717, 1.165) is 25.7 Å². The number of halogens is 2. The van der Waals surface area contributed by atoms with Crippen LogP contribution >= 0.6 is 43.2 Å². The van der Waals surface area contributed by atoms with Crippen LogP contribution in [0, 0.1) is 0 Å². The van der Waals surface area contributed by atoms with Crippen LogP contribution in [0.1, 0.15) is 66.2 Å². The second-order valence-electron chi connectivity index (χ2n) is 5.05. The average Bonchev–Trinajstić information content (AvgIpc) is 2.75. The van der Waals surface area contributed by atoms with Crippen molar-refractivity contribution < 1.29 is 9.59 Å². The van der Waals surface area contributed by atoms with Crippen molar-refractivity contribution in [3.05, 3.63) is 18.7 Å². The van der Waals surface area contributed by atoms with Crippen LogP contribution in [-0.2, 0) is 0 Å². The van der Waals surface area contributed by atoms with E-state index in [1.165, 1.54) is 37.0 Å². The number of thiophene rings is 1. The molecule has 0 N–H and O–H groups in total. The molecule has 0 unspecified atom stereocenters. The Balaban J connectivity index is 2.53. The van der Waals surface area contributed by atoms with Gasteiger partial charge in [0, 0.05) is 13.6 Å². The lowest BCUT2D eigenvalue weighted by molar-refractivity contribution is 0.0789. The lowest BCUT2D eigenvalue weighted by Crippen LogP contribution is -2.28. The topological polar surface area (TPSA) is 37.4 Å². The number of carbonyl (C=O) groups is 2. The quantitative estimate of drug-likeness (QED) is 0.376. The molecule has 0 aliphatic carbocycles. The first kappa shape index (κ1) is 18.8. The van der Waals surface area contributed by atoms with Gasteiger partial charge in [-0.15, -0.1) is 11.3 Å². The maximum absolute atomic E-state index is 12.4. The number of hydrogen-bond acceptors (Lipinski definition) is 3.